The molecule has 3 aromatic rings. The highest BCUT2D eigenvalue weighted by Gasteiger charge is 2.25. The normalized spacial score (nSPS) is 13.9. The van der Waals surface area contributed by atoms with Crippen molar-refractivity contribution in [1.29, 1.82) is 0 Å². The van der Waals surface area contributed by atoms with Crippen molar-refractivity contribution in [2.45, 2.75) is 0 Å². The number of hydrogen-bond donors (Lipinski definition) is 1. The van der Waals surface area contributed by atoms with E-state index in [1.54, 1.807) is 67.7 Å². The molecule has 2 aromatic carbocycles. The second kappa shape index (κ2) is 9.85. The quantitative estimate of drug-likeness (QED) is 0.214. The first kappa shape index (κ1) is 23.8. The molecule has 0 aliphatic carbocycles. The number of aliphatic imine (C=N–C) groups is 1. The highest BCUT2D eigenvalue weighted by molar-refractivity contribution is 9.10. The Morgan fingerprint density at radius 1 is 1.14 bits per heavy atom. The first-order chi connectivity index (χ1) is 16.7. The average Bonchev–Trinajstić information content (AvgIpc) is 3.19. The Kier molecular flexibility index (Phi) is 6.69. The summed E-state index contributed by atoms with van der Waals surface area (Å²) in [6, 6.07) is 12.9. The molecule has 35 heavy (non-hydrogen) atoms. The van der Waals surface area contributed by atoms with E-state index in [9.17, 15) is 19.7 Å². The molecule has 1 N–H and O–H groups in total. The molecule has 0 saturated heterocycles. The minimum Gasteiger partial charge on any atom is -0.402 e. The van der Waals surface area contributed by atoms with Gasteiger partial charge in [0.2, 0.25) is 5.90 Å². The fourth-order valence-electron chi connectivity index (χ4n) is 3.28. The topological polar surface area (TPSA) is 127 Å². The number of benzene rings is 2. The number of halogens is 1. The van der Waals surface area contributed by atoms with Crippen LogP contribution in [0.25, 0.3) is 6.08 Å². The zero-order chi connectivity index (χ0) is 25.1. The summed E-state index contributed by atoms with van der Waals surface area (Å²) in [6.07, 6.45) is 4.47. The first-order valence-electron chi connectivity index (χ1n) is 10.2. The van der Waals surface area contributed by atoms with Gasteiger partial charge in [0.25, 0.3) is 11.6 Å². The van der Waals surface area contributed by atoms with Gasteiger partial charge >= 0.3 is 5.97 Å². The third-order valence-corrected chi connectivity index (χ3v) is 5.39. The summed E-state index contributed by atoms with van der Waals surface area (Å²) >= 11 is 3.28. The minimum atomic E-state index is -0.668. The number of amides is 1. The largest absolute Gasteiger partial charge is 0.402 e. The number of carbonyl (C=O) groups excluding carboxylic acids is 2. The Morgan fingerprint density at radius 2 is 1.89 bits per heavy atom. The molecule has 176 valence electrons. The zero-order valence-corrected chi connectivity index (χ0v) is 20.1. The number of nitrogens with one attached hydrogen (secondary N) is 1. The van der Waals surface area contributed by atoms with E-state index in [0.717, 1.165) is 0 Å². The Hall–Kier alpha value is -4.38. The predicted octanol–water partition coefficient (Wildman–Crippen LogP) is 4.42. The van der Waals surface area contributed by atoms with Crippen LogP contribution in [-0.4, -0.2) is 41.8 Å². The van der Waals surface area contributed by atoms with Crippen molar-refractivity contribution in [2.75, 3.05) is 24.3 Å². The molecule has 1 aliphatic heterocycles. The number of aromatic nitrogens is 1. The molecule has 1 aliphatic rings. The van der Waals surface area contributed by atoms with Gasteiger partial charge in [-0.05, 0) is 64.0 Å². The van der Waals surface area contributed by atoms with E-state index in [2.05, 4.69) is 31.2 Å². The van der Waals surface area contributed by atoms with Crippen LogP contribution in [0.5, 0.6) is 0 Å². The number of nitrogens with zero attached hydrogens (tertiary/aromatic N) is 4. The summed E-state index contributed by atoms with van der Waals surface area (Å²) in [5.74, 6) is -0.899. The number of nitro groups is 1. The lowest BCUT2D eigenvalue weighted by atomic mass is 10.1. The van der Waals surface area contributed by atoms with Gasteiger partial charge in [-0.25, -0.2) is 9.79 Å². The Balaban J connectivity index is 1.53. The van der Waals surface area contributed by atoms with Gasteiger partial charge in [0.15, 0.2) is 5.70 Å². The summed E-state index contributed by atoms with van der Waals surface area (Å²) in [4.78, 5) is 45.5. The predicted molar refractivity (Wildman–Crippen MR) is 134 cm³/mol. The Bertz CT molecular complexity index is 1400. The van der Waals surface area contributed by atoms with E-state index in [1.807, 2.05) is 0 Å². The lowest BCUT2D eigenvalue weighted by molar-refractivity contribution is -0.384. The van der Waals surface area contributed by atoms with Crippen molar-refractivity contribution < 1.29 is 19.2 Å². The maximum absolute atomic E-state index is 12.4. The van der Waals surface area contributed by atoms with E-state index < -0.39 is 10.9 Å². The third-order valence-electron chi connectivity index (χ3n) is 4.96. The number of nitro benzene ring substituents is 1. The van der Waals surface area contributed by atoms with Crippen LogP contribution in [0, 0.1) is 10.1 Å². The summed E-state index contributed by atoms with van der Waals surface area (Å²) < 4.78 is 5.96. The van der Waals surface area contributed by atoms with Crippen LogP contribution in [0.2, 0.25) is 0 Å². The summed E-state index contributed by atoms with van der Waals surface area (Å²) in [7, 11) is 3.42. The third kappa shape index (κ3) is 5.41. The van der Waals surface area contributed by atoms with E-state index >= 15 is 0 Å². The highest BCUT2D eigenvalue weighted by Crippen LogP contribution is 2.29. The average molecular weight is 536 g/mol. The molecule has 10 nitrogen and oxygen atoms in total. The minimum absolute atomic E-state index is 0.0198. The van der Waals surface area contributed by atoms with Crippen LogP contribution in [0.1, 0.15) is 21.5 Å². The number of anilines is 2. The van der Waals surface area contributed by atoms with Crippen LogP contribution in [0.15, 0.2) is 76.1 Å². The summed E-state index contributed by atoms with van der Waals surface area (Å²) in [5, 5.41) is 14.2. The van der Waals surface area contributed by atoms with E-state index in [-0.39, 0.29) is 23.2 Å². The fraction of sp³-hybridized carbons (Fsp3) is 0.0833. The van der Waals surface area contributed by atoms with Crippen LogP contribution in [0.4, 0.5) is 17.1 Å². The number of esters is 1. The first-order valence-corrected chi connectivity index (χ1v) is 11.0. The van der Waals surface area contributed by atoms with Crippen LogP contribution in [-0.2, 0) is 9.53 Å². The van der Waals surface area contributed by atoms with Crippen molar-refractivity contribution in [1.82, 2.24) is 4.98 Å². The number of ether oxygens (including phenoxy) is 1. The van der Waals surface area contributed by atoms with E-state index in [4.69, 9.17) is 4.74 Å². The molecule has 0 bridgehead atoms. The van der Waals surface area contributed by atoms with Crippen molar-refractivity contribution in [2.24, 2.45) is 4.99 Å². The molecule has 11 heteroatoms. The van der Waals surface area contributed by atoms with Gasteiger partial charge in [0.05, 0.1) is 10.5 Å². The van der Waals surface area contributed by atoms with Gasteiger partial charge < -0.3 is 15.0 Å². The Morgan fingerprint density at radius 3 is 2.54 bits per heavy atom. The van der Waals surface area contributed by atoms with Gasteiger partial charge in [0.1, 0.15) is 5.69 Å². The van der Waals surface area contributed by atoms with Crippen LogP contribution < -0.4 is 10.2 Å². The van der Waals surface area contributed by atoms with Crippen molar-refractivity contribution in [3.63, 3.8) is 0 Å². The molecule has 1 amide bonds. The van der Waals surface area contributed by atoms with Crippen molar-refractivity contribution in [3.8, 4) is 0 Å². The Labute approximate surface area is 208 Å². The standard InChI is InChI=1S/C24H18BrN5O5/c1-29(2)20-8-3-14(10-21(20)30(33)34)9-19-24(32)35-23(28-19)15-4-6-18(7-5-15)27-22(31)16-11-17(25)13-26-12-16/h3-13H,1-2H3,(H,27,31)/b19-9-. The lowest BCUT2D eigenvalue weighted by Crippen LogP contribution is -2.12. The van der Waals surface area contributed by atoms with Crippen molar-refractivity contribution >= 4 is 56.8 Å². The monoisotopic (exact) mass is 535 g/mol. The number of carbonyl (C=O) groups is 2. The number of hydrogen-bond acceptors (Lipinski definition) is 8. The molecule has 0 unspecified atom stereocenters. The molecule has 0 fully saturated rings. The smallest absolute Gasteiger partial charge is 0.363 e. The van der Waals surface area contributed by atoms with Crippen LogP contribution in [0.3, 0.4) is 0 Å². The van der Waals surface area contributed by atoms with Gasteiger partial charge in [-0.1, -0.05) is 6.07 Å². The molecule has 2 heterocycles. The molecular weight excluding hydrogens is 518 g/mol. The van der Waals surface area contributed by atoms with Crippen molar-refractivity contribution in [3.05, 3.63) is 97.9 Å². The van der Waals surface area contributed by atoms with Gasteiger partial charge in [-0.2, -0.15) is 0 Å². The van der Waals surface area contributed by atoms with Gasteiger partial charge in [0, 0.05) is 48.3 Å². The number of cyclic esters (lactones) is 1. The van der Waals surface area contributed by atoms with E-state index in [0.29, 0.717) is 32.5 Å². The maximum atomic E-state index is 12.4. The highest BCUT2D eigenvalue weighted by atomic mass is 79.9. The van der Waals surface area contributed by atoms with Gasteiger partial charge in [-0.3, -0.25) is 19.9 Å². The molecule has 0 spiro atoms. The SMILES string of the molecule is CN(C)c1ccc(/C=C2\N=C(c3ccc(NC(=O)c4cncc(Br)c4)cc3)OC2=O)cc1[N+](=O)[O-]. The number of pyridine rings is 1. The second-order valence-corrected chi connectivity index (χ2v) is 8.57. The second-order valence-electron chi connectivity index (χ2n) is 7.66. The van der Waals surface area contributed by atoms with Gasteiger partial charge in [-0.15, -0.1) is 0 Å². The molecule has 1 aromatic heterocycles. The molecule has 4 rings (SSSR count). The molecule has 0 radical (unpaired) electrons. The fourth-order valence-corrected chi connectivity index (χ4v) is 3.65. The van der Waals surface area contributed by atoms with Crippen LogP contribution >= 0.6 is 15.9 Å². The number of rotatable bonds is 6. The zero-order valence-electron chi connectivity index (χ0n) is 18.6. The summed E-state index contributed by atoms with van der Waals surface area (Å²) in [6.45, 7) is 0. The van der Waals surface area contributed by atoms with E-state index in [1.165, 1.54) is 18.3 Å². The molecule has 0 atom stereocenters. The maximum Gasteiger partial charge on any atom is 0.363 e. The molecular formula is C24H18BrN5O5. The summed E-state index contributed by atoms with van der Waals surface area (Å²) in [5.41, 5.74) is 2.28. The lowest BCUT2D eigenvalue weighted by Gasteiger charge is -2.12. The molecule has 0 saturated carbocycles.